The Morgan fingerprint density at radius 2 is 1.47 bits per heavy atom. The lowest BCUT2D eigenvalue weighted by Gasteiger charge is -2.12. The van der Waals surface area contributed by atoms with Crippen molar-refractivity contribution in [2.24, 2.45) is 0 Å². The minimum Gasteiger partial charge on any atom is -0.322 e. The molecule has 19 heavy (non-hydrogen) atoms. The highest BCUT2D eigenvalue weighted by atomic mass is 16.1. The van der Waals surface area contributed by atoms with Crippen LogP contribution >= 0.6 is 0 Å². The molecule has 0 aromatic heterocycles. The van der Waals surface area contributed by atoms with Crippen LogP contribution in [0.3, 0.4) is 0 Å². The van der Waals surface area contributed by atoms with Crippen molar-refractivity contribution >= 4 is 11.6 Å². The molecule has 0 spiro atoms. The molecule has 1 amide bonds. The van der Waals surface area contributed by atoms with Crippen molar-refractivity contribution in [3.05, 3.63) is 64.2 Å². The third-order valence-corrected chi connectivity index (χ3v) is 3.49. The number of carbonyl (C=O) groups is 1. The fraction of sp³-hybridized carbons (Fsp3) is 0.235. The van der Waals surface area contributed by atoms with Gasteiger partial charge in [-0.2, -0.15) is 0 Å². The molecule has 0 heterocycles. The van der Waals surface area contributed by atoms with Gasteiger partial charge in [-0.05, 0) is 62.1 Å². The number of rotatable bonds is 2. The molecule has 0 atom stereocenters. The van der Waals surface area contributed by atoms with E-state index >= 15 is 0 Å². The van der Waals surface area contributed by atoms with Gasteiger partial charge in [-0.1, -0.05) is 24.3 Å². The standard InChI is InChI=1S/C17H19NO/c1-11-8-9-15(10-14(11)4)17(19)18-16-12(2)6-5-7-13(16)3/h5-10H,1-4H3,(H,18,19). The maximum absolute atomic E-state index is 12.3. The quantitative estimate of drug-likeness (QED) is 0.855. The third kappa shape index (κ3) is 2.84. The number of amides is 1. The molecule has 0 bridgehead atoms. The zero-order valence-corrected chi connectivity index (χ0v) is 11.9. The summed E-state index contributed by atoms with van der Waals surface area (Å²) < 4.78 is 0. The number of nitrogens with one attached hydrogen (secondary N) is 1. The van der Waals surface area contributed by atoms with Crippen LogP contribution < -0.4 is 5.32 Å². The molecule has 2 heteroatoms. The SMILES string of the molecule is Cc1ccc(C(=O)Nc2c(C)cccc2C)cc1C. The number of para-hydroxylation sites is 1. The molecule has 0 unspecified atom stereocenters. The number of anilines is 1. The zero-order valence-electron chi connectivity index (χ0n) is 11.9. The normalized spacial score (nSPS) is 10.3. The highest BCUT2D eigenvalue weighted by Gasteiger charge is 2.10. The van der Waals surface area contributed by atoms with Gasteiger partial charge in [0.2, 0.25) is 0 Å². The van der Waals surface area contributed by atoms with E-state index in [0.717, 1.165) is 22.4 Å². The Kier molecular flexibility index (Phi) is 3.70. The molecule has 1 N–H and O–H groups in total. The fourth-order valence-electron chi connectivity index (χ4n) is 2.08. The van der Waals surface area contributed by atoms with Crippen LogP contribution in [-0.2, 0) is 0 Å². The fourth-order valence-corrected chi connectivity index (χ4v) is 2.08. The number of benzene rings is 2. The summed E-state index contributed by atoms with van der Waals surface area (Å²) in [5.41, 5.74) is 6.10. The molecule has 0 fully saturated rings. The van der Waals surface area contributed by atoms with Crippen molar-refractivity contribution < 1.29 is 4.79 Å². The molecule has 2 aromatic carbocycles. The maximum atomic E-state index is 12.3. The van der Waals surface area contributed by atoms with Gasteiger partial charge in [0.15, 0.2) is 0 Å². The lowest BCUT2D eigenvalue weighted by molar-refractivity contribution is 0.102. The highest BCUT2D eigenvalue weighted by Crippen LogP contribution is 2.20. The zero-order chi connectivity index (χ0) is 14.0. The predicted octanol–water partition coefficient (Wildman–Crippen LogP) is 4.17. The van der Waals surface area contributed by atoms with Crippen molar-refractivity contribution in [1.29, 1.82) is 0 Å². The van der Waals surface area contributed by atoms with Gasteiger partial charge in [0.1, 0.15) is 0 Å². The number of hydrogen-bond acceptors (Lipinski definition) is 1. The Hall–Kier alpha value is -2.09. The van der Waals surface area contributed by atoms with E-state index in [1.54, 1.807) is 0 Å². The molecular formula is C17H19NO. The van der Waals surface area contributed by atoms with Crippen LogP contribution in [0.15, 0.2) is 36.4 Å². The summed E-state index contributed by atoms with van der Waals surface area (Å²) in [6.07, 6.45) is 0. The van der Waals surface area contributed by atoms with Crippen LogP contribution in [0.2, 0.25) is 0 Å². The first-order valence-corrected chi connectivity index (χ1v) is 6.44. The second kappa shape index (κ2) is 5.27. The van der Waals surface area contributed by atoms with E-state index in [9.17, 15) is 4.79 Å². The van der Waals surface area contributed by atoms with E-state index in [-0.39, 0.29) is 5.91 Å². The van der Waals surface area contributed by atoms with Crippen molar-refractivity contribution in [2.75, 3.05) is 5.32 Å². The second-order valence-corrected chi connectivity index (χ2v) is 5.02. The molecular weight excluding hydrogens is 234 g/mol. The lowest BCUT2D eigenvalue weighted by atomic mass is 10.0. The average Bonchev–Trinajstić information content (AvgIpc) is 2.37. The smallest absolute Gasteiger partial charge is 0.255 e. The van der Waals surface area contributed by atoms with Crippen molar-refractivity contribution in [3.8, 4) is 0 Å². The van der Waals surface area contributed by atoms with E-state index in [2.05, 4.69) is 5.32 Å². The monoisotopic (exact) mass is 253 g/mol. The minimum atomic E-state index is -0.0551. The van der Waals surface area contributed by atoms with Gasteiger partial charge in [-0.15, -0.1) is 0 Å². The topological polar surface area (TPSA) is 29.1 Å². The van der Waals surface area contributed by atoms with Gasteiger partial charge in [0, 0.05) is 11.3 Å². The van der Waals surface area contributed by atoms with E-state index in [4.69, 9.17) is 0 Å². The molecule has 0 aliphatic carbocycles. The first-order chi connectivity index (χ1) is 8.99. The van der Waals surface area contributed by atoms with Crippen LogP contribution in [-0.4, -0.2) is 5.91 Å². The number of carbonyl (C=O) groups excluding carboxylic acids is 1. The molecule has 0 aliphatic heterocycles. The lowest BCUT2D eigenvalue weighted by Crippen LogP contribution is -2.14. The Balaban J connectivity index is 2.28. The average molecular weight is 253 g/mol. The largest absolute Gasteiger partial charge is 0.322 e. The maximum Gasteiger partial charge on any atom is 0.255 e. The van der Waals surface area contributed by atoms with Gasteiger partial charge in [0.25, 0.3) is 5.91 Å². The van der Waals surface area contributed by atoms with E-state index in [0.29, 0.717) is 5.56 Å². The number of hydrogen-bond donors (Lipinski definition) is 1. The summed E-state index contributed by atoms with van der Waals surface area (Å²) in [7, 11) is 0. The molecule has 0 saturated heterocycles. The van der Waals surface area contributed by atoms with Crippen LogP contribution in [0.5, 0.6) is 0 Å². The van der Waals surface area contributed by atoms with E-state index < -0.39 is 0 Å². The van der Waals surface area contributed by atoms with Crippen molar-refractivity contribution in [1.82, 2.24) is 0 Å². The molecule has 98 valence electrons. The Bertz CT molecular complexity index is 609. The molecule has 0 aliphatic rings. The molecule has 2 aromatic rings. The molecule has 2 rings (SSSR count). The third-order valence-electron chi connectivity index (χ3n) is 3.49. The van der Waals surface area contributed by atoms with Crippen LogP contribution in [0.1, 0.15) is 32.6 Å². The summed E-state index contributed by atoms with van der Waals surface area (Å²) >= 11 is 0. The van der Waals surface area contributed by atoms with Gasteiger partial charge in [-0.25, -0.2) is 0 Å². The highest BCUT2D eigenvalue weighted by molar-refractivity contribution is 6.05. The van der Waals surface area contributed by atoms with Crippen LogP contribution in [0, 0.1) is 27.7 Å². The molecule has 0 radical (unpaired) electrons. The minimum absolute atomic E-state index is 0.0551. The Morgan fingerprint density at radius 1 is 0.842 bits per heavy atom. The van der Waals surface area contributed by atoms with E-state index in [1.807, 2.05) is 64.1 Å². The van der Waals surface area contributed by atoms with Crippen LogP contribution in [0.4, 0.5) is 5.69 Å². The molecule has 2 nitrogen and oxygen atoms in total. The predicted molar refractivity (Wildman–Crippen MR) is 79.8 cm³/mol. The first-order valence-electron chi connectivity index (χ1n) is 6.44. The van der Waals surface area contributed by atoms with Gasteiger partial charge >= 0.3 is 0 Å². The second-order valence-electron chi connectivity index (χ2n) is 5.02. The Morgan fingerprint density at radius 3 is 2.05 bits per heavy atom. The summed E-state index contributed by atoms with van der Waals surface area (Å²) in [5.74, 6) is -0.0551. The van der Waals surface area contributed by atoms with Crippen LogP contribution in [0.25, 0.3) is 0 Å². The number of aryl methyl sites for hydroxylation is 4. The summed E-state index contributed by atoms with van der Waals surface area (Å²) in [5, 5.41) is 3.00. The molecule has 0 saturated carbocycles. The first kappa shape index (κ1) is 13.3. The van der Waals surface area contributed by atoms with Gasteiger partial charge in [0.05, 0.1) is 0 Å². The Labute approximate surface area is 114 Å². The van der Waals surface area contributed by atoms with Crippen molar-refractivity contribution in [3.63, 3.8) is 0 Å². The summed E-state index contributed by atoms with van der Waals surface area (Å²) in [6, 6.07) is 11.8. The van der Waals surface area contributed by atoms with E-state index in [1.165, 1.54) is 5.56 Å². The van der Waals surface area contributed by atoms with Gasteiger partial charge in [-0.3, -0.25) is 4.79 Å². The van der Waals surface area contributed by atoms with Crippen molar-refractivity contribution in [2.45, 2.75) is 27.7 Å². The van der Waals surface area contributed by atoms with Gasteiger partial charge < -0.3 is 5.32 Å². The summed E-state index contributed by atoms with van der Waals surface area (Å²) in [4.78, 5) is 12.3. The summed E-state index contributed by atoms with van der Waals surface area (Å²) in [6.45, 7) is 8.07.